The maximum atomic E-state index is 12.9. The van der Waals surface area contributed by atoms with Crippen molar-refractivity contribution in [1.29, 1.82) is 0 Å². The Morgan fingerprint density at radius 3 is 2.64 bits per heavy atom. The number of ether oxygens (including phenoxy) is 1. The van der Waals surface area contributed by atoms with Crippen molar-refractivity contribution in [3.8, 4) is 5.75 Å². The van der Waals surface area contributed by atoms with Crippen LogP contribution in [0.1, 0.15) is 11.1 Å². The molecule has 0 aliphatic carbocycles. The molecule has 1 heterocycles. The molecule has 1 aliphatic rings. The third kappa shape index (κ3) is 2.55. The zero-order valence-electron chi connectivity index (χ0n) is 12.3. The third-order valence-corrected chi connectivity index (χ3v) is 5.88. The lowest BCUT2D eigenvalue weighted by Gasteiger charge is -2.30. The van der Waals surface area contributed by atoms with Gasteiger partial charge in [0, 0.05) is 5.02 Å². The van der Waals surface area contributed by atoms with E-state index in [-0.39, 0.29) is 11.4 Å². The first-order valence-corrected chi connectivity index (χ1v) is 8.74. The van der Waals surface area contributed by atoms with Crippen molar-refractivity contribution < 1.29 is 13.2 Å². The summed E-state index contributed by atoms with van der Waals surface area (Å²) >= 11 is 6.08. The molecule has 4 nitrogen and oxygen atoms in total. The number of aryl methyl sites for hydroxylation is 2. The molecular weight excluding hydrogens is 322 g/mol. The molecule has 0 saturated heterocycles. The number of nitrogens with zero attached hydrogens (tertiary/aromatic N) is 1. The zero-order valence-corrected chi connectivity index (χ0v) is 13.9. The summed E-state index contributed by atoms with van der Waals surface area (Å²) in [6, 6.07) is 10.3. The van der Waals surface area contributed by atoms with Crippen LogP contribution in [0.2, 0.25) is 5.02 Å². The fraction of sp³-hybridized carbons (Fsp3) is 0.250. The number of sulfonamides is 1. The van der Waals surface area contributed by atoms with E-state index in [1.54, 1.807) is 18.2 Å². The van der Waals surface area contributed by atoms with Crippen LogP contribution in [0.4, 0.5) is 5.69 Å². The van der Waals surface area contributed by atoms with Gasteiger partial charge in [0.25, 0.3) is 10.0 Å². The van der Waals surface area contributed by atoms with E-state index in [2.05, 4.69) is 0 Å². The Kier molecular flexibility index (Phi) is 3.78. The summed E-state index contributed by atoms with van der Waals surface area (Å²) in [4.78, 5) is 0.192. The van der Waals surface area contributed by atoms with E-state index in [9.17, 15) is 8.42 Å². The molecule has 0 aromatic heterocycles. The molecule has 0 unspecified atom stereocenters. The van der Waals surface area contributed by atoms with Crippen molar-refractivity contribution in [2.75, 3.05) is 17.5 Å². The summed E-state index contributed by atoms with van der Waals surface area (Å²) in [6.07, 6.45) is 0. The average Bonchev–Trinajstić information content (AvgIpc) is 2.49. The lowest BCUT2D eigenvalue weighted by molar-refractivity contribution is 0.315. The van der Waals surface area contributed by atoms with Gasteiger partial charge in [0.05, 0.1) is 17.1 Å². The SMILES string of the molecule is Cc1ccc2c(c1)N(S(=O)(=O)c1ccc(C)c(Cl)c1)CCO2. The molecular formula is C16H16ClNO3S. The summed E-state index contributed by atoms with van der Waals surface area (Å²) in [7, 11) is -3.66. The fourth-order valence-corrected chi connectivity index (χ4v) is 4.14. The quantitative estimate of drug-likeness (QED) is 0.842. The van der Waals surface area contributed by atoms with Crippen LogP contribution in [0.3, 0.4) is 0 Å². The van der Waals surface area contributed by atoms with E-state index in [0.29, 0.717) is 23.1 Å². The lowest BCUT2D eigenvalue weighted by Crippen LogP contribution is -2.38. The highest BCUT2D eigenvalue weighted by Gasteiger charge is 2.30. The van der Waals surface area contributed by atoms with Gasteiger partial charge in [0.15, 0.2) is 0 Å². The maximum absolute atomic E-state index is 12.9. The summed E-state index contributed by atoms with van der Waals surface area (Å²) in [5.74, 6) is 0.582. The van der Waals surface area contributed by atoms with E-state index >= 15 is 0 Å². The highest BCUT2D eigenvalue weighted by molar-refractivity contribution is 7.92. The molecule has 0 spiro atoms. The normalized spacial score (nSPS) is 14.4. The van der Waals surface area contributed by atoms with E-state index in [4.69, 9.17) is 16.3 Å². The van der Waals surface area contributed by atoms with Crippen molar-refractivity contribution in [3.63, 3.8) is 0 Å². The molecule has 2 aromatic carbocycles. The third-order valence-electron chi connectivity index (χ3n) is 3.67. The monoisotopic (exact) mass is 337 g/mol. The second-order valence-electron chi connectivity index (χ2n) is 5.31. The van der Waals surface area contributed by atoms with Gasteiger partial charge >= 0.3 is 0 Å². The van der Waals surface area contributed by atoms with Gasteiger partial charge in [-0.2, -0.15) is 0 Å². The largest absolute Gasteiger partial charge is 0.489 e. The van der Waals surface area contributed by atoms with Crippen molar-refractivity contribution in [3.05, 3.63) is 52.5 Å². The van der Waals surface area contributed by atoms with Crippen molar-refractivity contribution >= 4 is 27.3 Å². The fourth-order valence-electron chi connectivity index (χ4n) is 2.41. The van der Waals surface area contributed by atoms with Crippen molar-refractivity contribution in [2.45, 2.75) is 18.7 Å². The molecule has 116 valence electrons. The smallest absolute Gasteiger partial charge is 0.264 e. The Morgan fingerprint density at radius 1 is 1.14 bits per heavy atom. The summed E-state index contributed by atoms with van der Waals surface area (Å²) in [6.45, 7) is 4.37. The molecule has 0 bridgehead atoms. The molecule has 0 fully saturated rings. The molecule has 0 saturated carbocycles. The van der Waals surface area contributed by atoms with Gasteiger partial charge in [-0.1, -0.05) is 23.7 Å². The minimum atomic E-state index is -3.66. The van der Waals surface area contributed by atoms with Crippen LogP contribution in [0.15, 0.2) is 41.3 Å². The number of rotatable bonds is 2. The topological polar surface area (TPSA) is 46.6 Å². The van der Waals surface area contributed by atoms with Gasteiger partial charge in [-0.15, -0.1) is 0 Å². The van der Waals surface area contributed by atoms with Gasteiger partial charge in [-0.05, 0) is 49.2 Å². The minimum Gasteiger partial charge on any atom is -0.489 e. The number of anilines is 1. The van der Waals surface area contributed by atoms with Gasteiger partial charge in [-0.3, -0.25) is 4.31 Å². The Balaban J connectivity index is 2.11. The zero-order chi connectivity index (χ0) is 15.9. The molecule has 22 heavy (non-hydrogen) atoms. The molecule has 1 aliphatic heterocycles. The van der Waals surface area contributed by atoms with Crippen LogP contribution < -0.4 is 9.04 Å². The minimum absolute atomic E-state index is 0.192. The van der Waals surface area contributed by atoms with Gasteiger partial charge in [0.1, 0.15) is 12.4 Å². The average molecular weight is 338 g/mol. The first-order valence-electron chi connectivity index (χ1n) is 6.92. The first kappa shape index (κ1) is 15.2. The Morgan fingerprint density at radius 2 is 1.91 bits per heavy atom. The second-order valence-corrected chi connectivity index (χ2v) is 7.58. The number of halogens is 1. The van der Waals surface area contributed by atoms with E-state index in [1.807, 2.05) is 26.0 Å². The van der Waals surface area contributed by atoms with E-state index in [1.165, 1.54) is 10.4 Å². The number of benzene rings is 2. The second kappa shape index (κ2) is 5.48. The molecule has 3 rings (SSSR count). The van der Waals surface area contributed by atoms with Crippen LogP contribution in [-0.4, -0.2) is 21.6 Å². The Hall–Kier alpha value is -1.72. The van der Waals surface area contributed by atoms with E-state index < -0.39 is 10.0 Å². The lowest BCUT2D eigenvalue weighted by atomic mass is 10.2. The van der Waals surface area contributed by atoms with Crippen LogP contribution in [0.5, 0.6) is 5.75 Å². The molecule has 0 atom stereocenters. The predicted octanol–water partition coefficient (Wildman–Crippen LogP) is 3.54. The summed E-state index contributed by atoms with van der Waals surface area (Å²) < 4.78 is 32.8. The van der Waals surface area contributed by atoms with Crippen molar-refractivity contribution in [2.24, 2.45) is 0 Å². The molecule has 0 radical (unpaired) electrons. The van der Waals surface area contributed by atoms with Gasteiger partial charge < -0.3 is 4.74 Å². The Labute approximate surface area is 135 Å². The van der Waals surface area contributed by atoms with Crippen LogP contribution in [0, 0.1) is 13.8 Å². The van der Waals surface area contributed by atoms with E-state index in [0.717, 1.165) is 11.1 Å². The van der Waals surface area contributed by atoms with Gasteiger partial charge in [0.2, 0.25) is 0 Å². The standard InChI is InChI=1S/C16H16ClNO3S/c1-11-3-6-16-15(9-11)18(7-8-21-16)22(19,20)13-5-4-12(2)14(17)10-13/h3-6,9-10H,7-8H2,1-2H3. The molecule has 6 heteroatoms. The number of hydrogen-bond donors (Lipinski definition) is 0. The van der Waals surface area contributed by atoms with Crippen LogP contribution in [0.25, 0.3) is 0 Å². The number of fused-ring (bicyclic) bond motifs is 1. The van der Waals surface area contributed by atoms with Crippen molar-refractivity contribution in [1.82, 2.24) is 0 Å². The Bertz CT molecular complexity index is 833. The highest BCUT2D eigenvalue weighted by atomic mass is 35.5. The van der Waals surface area contributed by atoms with Crippen LogP contribution >= 0.6 is 11.6 Å². The van der Waals surface area contributed by atoms with Crippen LogP contribution in [-0.2, 0) is 10.0 Å². The molecule has 0 N–H and O–H groups in total. The first-order chi connectivity index (χ1) is 10.4. The predicted molar refractivity (Wildman–Crippen MR) is 87.4 cm³/mol. The summed E-state index contributed by atoms with van der Waals surface area (Å²) in [5, 5.41) is 0.443. The maximum Gasteiger partial charge on any atom is 0.264 e. The molecule has 0 amide bonds. The molecule has 2 aromatic rings. The summed E-state index contributed by atoms with van der Waals surface area (Å²) in [5.41, 5.74) is 2.40. The van der Waals surface area contributed by atoms with Gasteiger partial charge in [-0.25, -0.2) is 8.42 Å². The number of hydrogen-bond acceptors (Lipinski definition) is 3. The highest BCUT2D eigenvalue weighted by Crippen LogP contribution is 2.36.